The first-order valence-electron chi connectivity index (χ1n) is 4.94. The van der Waals surface area contributed by atoms with Crippen LogP contribution in [0.3, 0.4) is 0 Å². The number of aliphatic hydroxyl groups excluding tert-OH is 1. The molecule has 0 unspecified atom stereocenters. The molecule has 0 atom stereocenters. The van der Waals surface area contributed by atoms with E-state index in [9.17, 15) is 4.79 Å². The number of thiocarbonyl (C=S) groups is 1. The Morgan fingerprint density at radius 1 is 1.59 bits per heavy atom. The molecule has 0 saturated carbocycles. The van der Waals surface area contributed by atoms with Gasteiger partial charge in [0, 0.05) is 0 Å². The van der Waals surface area contributed by atoms with Crippen molar-refractivity contribution in [2.75, 3.05) is 26.1 Å². The Kier molecular flexibility index (Phi) is 8.11. The van der Waals surface area contributed by atoms with Crippen molar-refractivity contribution in [2.24, 2.45) is 4.99 Å². The molecular formula is C10H17NO4S2. The van der Waals surface area contributed by atoms with Crippen molar-refractivity contribution in [1.29, 1.82) is 0 Å². The number of carbonyl (C=O) groups excluding carboxylic acids is 1. The van der Waals surface area contributed by atoms with Crippen molar-refractivity contribution >= 4 is 40.5 Å². The molecule has 1 N–H and O–H groups in total. The Bertz CT molecular complexity index is 292. The van der Waals surface area contributed by atoms with Crippen molar-refractivity contribution in [2.45, 2.75) is 19.4 Å². The second-order valence-electron chi connectivity index (χ2n) is 3.59. The van der Waals surface area contributed by atoms with Gasteiger partial charge in [-0.1, -0.05) is 11.8 Å². The van der Waals surface area contributed by atoms with Crippen LogP contribution >= 0.6 is 24.0 Å². The Balaban J connectivity index is 4.23. The lowest BCUT2D eigenvalue weighted by Gasteiger charge is -2.13. The van der Waals surface area contributed by atoms with Gasteiger partial charge in [0.15, 0.2) is 5.90 Å². The Morgan fingerprint density at radius 3 is 2.71 bits per heavy atom. The van der Waals surface area contributed by atoms with Crippen LogP contribution in [0.25, 0.3) is 0 Å². The fraction of sp³-hybridized carbons (Fsp3) is 0.700. The number of hydrogen-bond acceptors (Lipinski definition) is 7. The summed E-state index contributed by atoms with van der Waals surface area (Å²) in [5.41, 5.74) is -0.806. The van der Waals surface area contributed by atoms with Crippen LogP contribution in [0.1, 0.15) is 13.8 Å². The minimum atomic E-state index is -0.806. The van der Waals surface area contributed by atoms with Gasteiger partial charge in [0.1, 0.15) is 18.4 Å². The van der Waals surface area contributed by atoms with E-state index in [1.54, 1.807) is 13.8 Å². The summed E-state index contributed by atoms with van der Waals surface area (Å²) in [6.45, 7) is 3.46. The van der Waals surface area contributed by atoms with Crippen LogP contribution in [-0.4, -0.2) is 53.3 Å². The number of aliphatic hydroxyl groups is 1. The van der Waals surface area contributed by atoms with Gasteiger partial charge in [-0.15, -0.1) is 0 Å². The van der Waals surface area contributed by atoms with Crippen LogP contribution < -0.4 is 0 Å². The van der Waals surface area contributed by atoms with E-state index in [2.05, 4.69) is 4.99 Å². The number of carbonyl (C=O) groups is 1. The molecule has 0 fully saturated rings. The van der Waals surface area contributed by atoms with E-state index in [4.69, 9.17) is 26.8 Å². The summed E-state index contributed by atoms with van der Waals surface area (Å²) in [5.74, 6) is 0.805. The van der Waals surface area contributed by atoms with Gasteiger partial charge in [-0.25, -0.2) is 4.99 Å². The van der Waals surface area contributed by atoms with Crippen molar-refractivity contribution < 1.29 is 19.4 Å². The summed E-state index contributed by atoms with van der Waals surface area (Å²) in [6, 6.07) is 0. The zero-order valence-corrected chi connectivity index (χ0v) is 11.8. The minimum Gasteiger partial charge on any atom is -0.484 e. The third kappa shape index (κ3) is 8.12. The average molecular weight is 279 g/mol. The predicted octanol–water partition coefficient (Wildman–Crippen LogP) is 1.04. The third-order valence-corrected chi connectivity index (χ3v) is 2.78. The Labute approximate surface area is 111 Å². The van der Waals surface area contributed by atoms with Crippen LogP contribution in [0.5, 0.6) is 0 Å². The number of hydrogen-bond donors (Lipinski definition) is 1. The normalized spacial score (nSPS) is 12.1. The lowest BCUT2D eigenvalue weighted by molar-refractivity contribution is -0.111. The summed E-state index contributed by atoms with van der Waals surface area (Å²) in [5, 5.41) is 8.54. The summed E-state index contributed by atoms with van der Waals surface area (Å²) in [6.07, 6.45) is 0.747. The highest BCUT2D eigenvalue weighted by Crippen LogP contribution is 2.11. The van der Waals surface area contributed by atoms with Crippen molar-refractivity contribution in [3.8, 4) is 0 Å². The maximum atomic E-state index is 10.7. The van der Waals surface area contributed by atoms with E-state index in [0.29, 0.717) is 16.0 Å². The second-order valence-corrected chi connectivity index (χ2v) is 5.17. The van der Waals surface area contributed by atoms with Crippen LogP contribution in [-0.2, 0) is 14.3 Å². The van der Waals surface area contributed by atoms with Crippen LogP contribution in [0.4, 0.5) is 0 Å². The summed E-state index contributed by atoms with van der Waals surface area (Å²) >= 11 is 6.13. The highest BCUT2D eigenvalue weighted by Gasteiger charge is 2.16. The molecule has 0 aliphatic heterocycles. The van der Waals surface area contributed by atoms with E-state index in [1.165, 1.54) is 18.9 Å². The van der Waals surface area contributed by atoms with Gasteiger partial charge in [-0.3, -0.25) is 0 Å². The SMILES string of the molecule is COC(CSC(=S)OCCO)=NC(C)(C)C=O. The molecule has 0 aromatic heterocycles. The smallest absolute Gasteiger partial charge is 0.220 e. The molecule has 98 valence electrons. The lowest BCUT2D eigenvalue weighted by atomic mass is 10.1. The molecule has 0 aromatic rings. The standard InChI is InChI=1S/C10H17NO4S2/c1-10(2,7-13)11-8(14-3)6-17-9(16)15-5-4-12/h7,12H,4-6H2,1-3H3. The summed E-state index contributed by atoms with van der Waals surface area (Å²) in [7, 11) is 1.48. The van der Waals surface area contributed by atoms with E-state index < -0.39 is 5.54 Å². The van der Waals surface area contributed by atoms with Gasteiger partial charge in [-0.2, -0.15) is 0 Å². The first-order valence-corrected chi connectivity index (χ1v) is 6.34. The summed E-state index contributed by atoms with van der Waals surface area (Å²) in [4.78, 5) is 14.8. The molecule has 0 spiro atoms. The molecule has 0 rings (SSSR count). The second kappa shape index (κ2) is 8.43. The Hall–Kier alpha value is -0.660. The van der Waals surface area contributed by atoms with Gasteiger partial charge >= 0.3 is 0 Å². The van der Waals surface area contributed by atoms with Crippen LogP contribution in [0.15, 0.2) is 4.99 Å². The number of methoxy groups -OCH3 is 1. The number of aldehydes is 1. The zero-order valence-electron chi connectivity index (χ0n) is 10.1. The van der Waals surface area contributed by atoms with Gasteiger partial charge in [-0.05, 0) is 26.1 Å². The largest absolute Gasteiger partial charge is 0.484 e. The van der Waals surface area contributed by atoms with E-state index >= 15 is 0 Å². The number of aliphatic imine (C=N–C) groups is 1. The van der Waals surface area contributed by atoms with E-state index in [-0.39, 0.29) is 13.2 Å². The van der Waals surface area contributed by atoms with E-state index in [0.717, 1.165) is 6.29 Å². The molecule has 0 bridgehead atoms. The van der Waals surface area contributed by atoms with Gasteiger partial charge < -0.3 is 19.4 Å². The fourth-order valence-corrected chi connectivity index (χ4v) is 1.63. The maximum Gasteiger partial charge on any atom is 0.220 e. The molecule has 0 radical (unpaired) electrons. The molecule has 17 heavy (non-hydrogen) atoms. The van der Waals surface area contributed by atoms with Gasteiger partial charge in [0.2, 0.25) is 4.38 Å². The number of rotatable bonds is 6. The average Bonchev–Trinajstić information content (AvgIpc) is 2.31. The maximum absolute atomic E-state index is 10.7. The first-order chi connectivity index (χ1) is 7.95. The van der Waals surface area contributed by atoms with Gasteiger partial charge in [0.05, 0.1) is 19.5 Å². The van der Waals surface area contributed by atoms with E-state index in [1.807, 2.05) is 0 Å². The molecule has 0 saturated heterocycles. The van der Waals surface area contributed by atoms with Crippen molar-refractivity contribution in [1.82, 2.24) is 0 Å². The third-order valence-electron chi connectivity index (χ3n) is 1.56. The number of thioether (sulfide) groups is 1. The molecule has 0 aliphatic rings. The molecule has 0 amide bonds. The quantitative estimate of drug-likeness (QED) is 0.339. The topological polar surface area (TPSA) is 68.1 Å². The minimum absolute atomic E-state index is 0.0793. The summed E-state index contributed by atoms with van der Waals surface area (Å²) < 4.78 is 10.4. The number of ether oxygens (including phenoxy) is 2. The number of nitrogens with zero attached hydrogens (tertiary/aromatic N) is 1. The monoisotopic (exact) mass is 279 g/mol. The van der Waals surface area contributed by atoms with Crippen LogP contribution in [0.2, 0.25) is 0 Å². The molecule has 0 aromatic carbocycles. The fourth-order valence-electron chi connectivity index (χ4n) is 0.776. The molecule has 0 aliphatic carbocycles. The predicted molar refractivity (Wildman–Crippen MR) is 72.7 cm³/mol. The highest BCUT2D eigenvalue weighted by atomic mass is 32.2. The first kappa shape index (κ1) is 16.3. The molecule has 5 nitrogen and oxygen atoms in total. The zero-order chi connectivity index (χ0) is 13.3. The van der Waals surface area contributed by atoms with Crippen molar-refractivity contribution in [3.63, 3.8) is 0 Å². The van der Waals surface area contributed by atoms with Crippen molar-refractivity contribution in [3.05, 3.63) is 0 Å². The highest BCUT2D eigenvalue weighted by molar-refractivity contribution is 8.23. The van der Waals surface area contributed by atoms with Gasteiger partial charge in [0.25, 0.3) is 0 Å². The Morgan fingerprint density at radius 2 is 2.24 bits per heavy atom. The van der Waals surface area contributed by atoms with Crippen LogP contribution in [0, 0.1) is 0 Å². The molecule has 0 heterocycles. The molecular weight excluding hydrogens is 262 g/mol. The lowest BCUT2D eigenvalue weighted by Crippen LogP contribution is -2.23. The molecule has 7 heteroatoms.